The molecule has 3 rings (SSSR count). The van der Waals surface area contributed by atoms with Crippen molar-refractivity contribution in [1.29, 1.82) is 0 Å². The van der Waals surface area contributed by atoms with E-state index in [0.29, 0.717) is 39.3 Å². The number of rotatable bonds is 9. The molecule has 1 fully saturated rings. The molecule has 0 bridgehead atoms. The molecule has 3 heterocycles. The van der Waals surface area contributed by atoms with Crippen LogP contribution in [0.2, 0.25) is 0 Å². The molecular formula is C22H26N4O2S2. The number of hydrogen-bond acceptors (Lipinski definition) is 6. The predicted octanol–water partition coefficient (Wildman–Crippen LogP) is 4.38. The molecule has 1 N–H and O–H groups in total. The number of nitrogens with zero attached hydrogens (tertiary/aromatic N) is 3. The van der Waals surface area contributed by atoms with Crippen LogP contribution in [0.5, 0.6) is 0 Å². The summed E-state index contributed by atoms with van der Waals surface area (Å²) >= 11 is 6.65. The summed E-state index contributed by atoms with van der Waals surface area (Å²) in [5.74, 6) is 0.285. The Bertz CT molecular complexity index is 1070. The first-order valence-corrected chi connectivity index (χ1v) is 11.3. The van der Waals surface area contributed by atoms with Gasteiger partial charge in [0.2, 0.25) is 0 Å². The molecule has 0 aromatic carbocycles. The van der Waals surface area contributed by atoms with E-state index in [1.165, 1.54) is 16.2 Å². The van der Waals surface area contributed by atoms with Crippen LogP contribution in [0.1, 0.15) is 43.7 Å². The fraction of sp³-hybridized carbons (Fsp3) is 0.364. The van der Waals surface area contributed by atoms with E-state index in [1.807, 2.05) is 19.1 Å². The third-order valence-electron chi connectivity index (χ3n) is 4.88. The van der Waals surface area contributed by atoms with E-state index in [-0.39, 0.29) is 11.5 Å². The number of pyridine rings is 1. The minimum Gasteiger partial charge on any atom is -0.366 e. The Labute approximate surface area is 186 Å². The number of nitrogens with one attached hydrogen (secondary N) is 1. The Hall–Kier alpha value is -2.45. The molecule has 0 aliphatic carbocycles. The number of aryl methyl sites for hydroxylation is 1. The van der Waals surface area contributed by atoms with Gasteiger partial charge in [-0.05, 0) is 31.1 Å². The monoisotopic (exact) mass is 442 g/mol. The highest BCUT2D eigenvalue weighted by Crippen LogP contribution is 2.33. The Morgan fingerprint density at radius 3 is 2.83 bits per heavy atom. The Morgan fingerprint density at radius 1 is 1.30 bits per heavy atom. The predicted molar refractivity (Wildman–Crippen MR) is 129 cm³/mol. The standard InChI is InChI=1S/C22H26N4O2S2/c1-4-6-7-8-12-26-21(28)17(30-22(26)29)14-16-18(23-11-5-2)24-19-15(3)10-9-13-25(19)20(16)27/h5,9-10,13-14,23H,2,4,6-8,11-12H2,1,3H3. The summed E-state index contributed by atoms with van der Waals surface area (Å²) in [6.45, 7) is 8.83. The lowest BCUT2D eigenvalue weighted by molar-refractivity contribution is -0.122. The largest absolute Gasteiger partial charge is 0.366 e. The fourth-order valence-electron chi connectivity index (χ4n) is 3.27. The van der Waals surface area contributed by atoms with E-state index in [9.17, 15) is 9.59 Å². The minimum absolute atomic E-state index is 0.148. The van der Waals surface area contributed by atoms with Gasteiger partial charge in [-0.15, -0.1) is 6.58 Å². The van der Waals surface area contributed by atoms with Crippen molar-refractivity contribution in [1.82, 2.24) is 14.3 Å². The molecule has 30 heavy (non-hydrogen) atoms. The topological polar surface area (TPSA) is 66.7 Å². The van der Waals surface area contributed by atoms with Crippen LogP contribution in [0.4, 0.5) is 5.82 Å². The second-order valence-corrected chi connectivity index (χ2v) is 8.80. The van der Waals surface area contributed by atoms with Crippen molar-refractivity contribution in [2.45, 2.75) is 39.5 Å². The number of thioether (sulfide) groups is 1. The zero-order valence-corrected chi connectivity index (χ0v) is 18.9. The van der Waals surface area contributed by atoms with E-state index in [2.05, 4.69) is 23.8 Å². The number of carbonyl (C=O) groups excluding carboxylic acids is 1. The van der Waals surface area contributed by atoms with Gasteiger partial charge in [0.05, 0.1) is 10.5 Å². The smallest absolute Gasteiger partial charge is 0.267 e. The van der Waals surface area contributed by atoms with Crippen molar-refractivity contribution < 1.29 is 4.79 Å². The van der Waals surface area contributed by atoms with Crippen LogP contribution in [0.15, 0.2) is 40.7 Å². The fourth-order valence-corrected chi connectivity index (χ4v) is 4.56. The summed E-state index contributed by atoms with van der Waals surface area (Å²) in [6, 6.07) is 3.71. The molecule has 1 aliphatic rings. The Morgan fingerprint density at radius 2 is 2.10 bits per heavy atom. The lowest BCUT2D eigenvalue weighted by Gasteiger charge is -2.14. The van der Waals surface area contributed by atoms with Crippen LogP contribution in [-0.4, -0.2) is 37.6 Å². The van der Waals surface area contributed by atoms with Gasteiger partial charge in [-0.2, -0.15) is 0 Å². The zero-order valence-electron chi connectivity index (χ0n) is 17.3. The lowest BCUT2D eigenvalue weighted by atomic mass is 10.2. The average molecular weight is 443 g/mol. The van der Waals surface area contributed by atoms with Crippen molar-refractivity contribution >= 4 is 51.7 Å². The number of thiocarbonyl (C=S) groups is 1. The third kappa shape index (κ3) is 4.65. The van der Waals surface area contributed by atoms with Crippen molar-refractivity contribution in [3.8, 4) is 0 Å². The maximum Gasteiger partial charge on any atom is 0.267 e. The maximum absolute atomic E-state index is 13.2. The van der Waals surface area contributed by atoms with Crippen molar-refractivity contribution in [3.05, 3.63) is 57.4 Å². The number of carbonyl (C=O) groups is 1. The van der Waals surface area contributed by atoms with Gasteiger partial charge in [0.1, 0.15) is 15.8 Å². The highest BCUT2D eigenvalue weighted by molar-refractivity contribution is 8.26. The summed E-state index contributed by atoms with van der Waals surface area (Å²) in [4.78, 5) is 32.9. The first-order chi connectivity index (χ1) is 14.5. The minimum atomic E-state index is -0.233. The number of hydrogen-bond donors (Lipinski definition) is 1. The molecule has 8 heteroatoms. The number of unbranched alkanes of at least 4 members (excludes halogenated alkanes) is 3. The van der Waals surface area contributed by atoms with Gasteiger partial charge < -0.3 is 5.32 Å². The molecule has 0 radical (unpaired) electrons. The molecule has 2 aromatic rings. The van der Waals surface area contributed by atoms with Gasteiger partial charge in [-0.3, -0.25) is 18.9 Å². The molecular weight excluding hydrogens is 416 g/mol. The van der Waals surface area contributed by atoms with Crippen molar-refractivity contribution in [2.24, 2.45) is 0 Å². The number of anilines is 1. The number of amides is 1. The SMILES string of the molecule is C=CCNc1nc2c(C)cccn2c(=O)c1C=C1SC(=S)N(CCCCCC)C1=O. The molecule has 1 amide bonds. The average Bonchev–Trinajstić information content (AvgIpc) is 2.99. The summed E-state index contributed by atoms with van der Waals surface area (Å²) < 4.78 is 2.04. The Balaban J connectivity index is 1.99. The summed E-state index contributed by atoms with van der Waals surface area (Å²) in [6.07, 6.45) is 9.25. The molecule has 0 atom stereocenters. The molecule has 158 valence electrons. The van der Waals surface area contributed by atoms with Crippen LogP contribution in [0.3, 0.4) is 0 Å². The summed E-state index contributed by atoms with van der Waals surface area (Å²) in [7, 11) is 0. The van der Waals surface area contributed by atoms with E-state index < -0.39 is 0 Å². The molecule has 1 saturated heterocycles. The molecule has 0 saturated carbocycles. The van der Waals surface area contributed by atoms with Gasteiger partial charge in [0, 0.05) is 19.3 Å². The van der Waals surface area contributed by atoms with Crippen LogP contribution in [0.25, 0.3) is 11.7 Å². The third-order valence-corrected chi connectivity index (χ3v) is 6.26. The van der Waals surface area contributed by atoms with Crippen LogP contribution in [0, 0.1) is 6.92 Å². The van der Waals surface area contributed by atoms with Crippen LogP contribution >= 0.6 is 24.0 Å². The Kier molecular flexibility index (Phi) is 7.44. The van der Waals surface area contributed by atoms with E-state index >= 15 is 0 Å². The first-order valence-electron chi connectivity index (χ1n) is 10.1. The molecule has 6 nitrogen and oxygen atoms in total. The van der Waals surface area contributed by atoms with Gasteiger partial charge in [0.15, 0.2) is 0 Å². The second kappa shape index (κ2) is 10.0. The lowest BCUT2D eigenvalue weighted by Crippen LogP contribution is -2.29. The molecule has 0 unspecified atom stereocenters. The van der Waals surface area contributed by atoms with Crippen molar-refractivity contribution in [3.63, 3.8) is 0 Å². The molecule has 1 aliphatic heterocycles. The quantitative estimate of drug-likeness (QED) is 0.269. The van der Waals surface area contributed by atoms with Crippen molar-refractivity contribution in [2.75, 3.05) is 18.4 Å². The van der Waals surface area contributed by atoms with Gasteiger partial charge in [-0.1, -0.05) is 62.3 Å². The highest BCUT2D eigenvalue weighted by Gasteiger charge is 2.32. The van der Waals surface area contributed by atoms with E-state index in [4.69, 9.17) is 12.2 Å². The van der Waals surface area contributed by atoms with Gasteiger partial charge in [-0.25, -0.2) is 4.98 Å². The van der Waals surface area contributed by atoms with Crippen LogP contribution < -0.4 is 10.9 Å². The van der Waals surface area contributed by atoms with E-state index in [1.54, 1.807) is 23.2 Å². The number of fused-ring (bicyclic) bond motifs is 1. The first kappa shape index (κ1) is 22.2. The zero-order chi connectivity index (χ0) is 21.7. The second-order valence-electron chi connectivity index (χ2n) is 7.13. The highest BCUT2D eigenvalue weighted by atomic mass is 32.2. The van der Waals surface area contributed by atoms with Gasteiger partial charge >= 0.3 is 0 Å². The number of aromatic nitrogens is 2. The van der Waals surface area contributed by atoms with Gasteiger partial charge in [0.25, 0.3) is 11.5 Å². The van der Waals surface area contributed by atoms with E-state index in [0.717, 1.165) is 31.2 Å². The normalized spacial score (nSPS) is 15.4. The summed E-state index contributed by atoms with van der Waals surface area (Å²) in [5, 5.41) is 3.13. The maximum atomic E-state index is 13.2. The van der Waals surface area contributed by atoms with Crippen LogP contribution in [-0.2, 0) is 4.79 Å². The summed E-state index contributed by atoms with van der Waals surface area (Å²) in [5.41, 5.74) is 1.57. The molecule has 2 aromatic heterocycles. The molecule has 0 spiro atoms.